The zero-order valence-corrected chi connectivity index (χ0v) is 25.1. The van der Waals surface area contributed by atoms with Crippen molar-refractivity contribution in [3.8, 4) is 0 Å². The summed E-state index contributed by atoms with van der Waals surface area (Å²) >= 11 is 0. The van der Waals surface area contributed by atoms with Crippen LogP contribution < -0.4 is 10.0 Å². The third kappa shape index (κ3) is 5.15. The second-order valence-corrected chi connectivity index (χ2v) is 15.6. The molecular weight excluding hydrogens is 511 g/mol. The lowest BCUT2D eigenvalue weighted by molar-refractivity contribution is -0.157. The first-order valence-corrected chi connectivity index (χ1v) is 17.0. The van der Waals surface area contributed by atoms with Crippen molar-refractivity contribution in [1.82, 2.24) is 10.0 Å². The first-order valence-electron chi connectivity index (χ1n) is 15.5. The number of rotatable bonds is 7. The van der Waals surface area contributed by atoms with Gasteiger partial charge in [0.2, 0.25) is 0 Å². The van der Waals surface area contributed by atoms with Crippen LogP contribution in [0.1, 0.15) is 91.9 Å². The fourth-order valence-corrected chi connectivity index (χ4v) is 11.4. The molecule has 7 heteroatoms. The van der Waals surface area contributed by atoms with E-state index in [-0.39, 0.29) is 16.2 Å². The SMILES string of the molecule is CC[C@H]1CC2C3CCC([C@H](C)CCNC(=O)NS(=O)(=O)c4ccccc4)[C@@]3(C)CCC2[C@@]2(C)CCC[C@H](F)[C@@H]12. The highest BCUT2D eigenvalue weighted by Gasteiger charge is 2.63. The molecule has 4 unspecified atom stereocenters. The molecule has 0 saturated heterocycles. The van der Waals surface area contributed by atoms with Gasteiger partial charge in [-0.2, -0.15) is 0 Å². The molecule has 39 heavy (non-hydrogen) atoms. The molecule has 0 aromatic heterocycles. The van der Waals surface area contributed by atoms with E-state index in [1.807, 2.05) is 0 Å². The van der Waals surface area contributed by atoms with Crippen LogP contribution in [0.3, 0.4) is 0 Å². The van der Waals surface area contributed by atoms with Crippen molar-refractivity contribution >= 4 is 16.1 Å². The van der Waals surface area contributed by atoms with Crippen molar-refractivity contribution in [2.75, 3.05) is 6.54 Å². The fraction of sp³-hybridized carbons (Fsp3) is 0.781. The third-order valence-corrected chi connectivity index (χ3v) is 13.5. The van der Waals surface area contributed by atoms with E-state index >= 15 is 4.39 Å². The van der Waals surface area contributed by atoms with Crippen LogP contribution >= 0.6 is 0 Å². The molecule has 0 bridgehead atoms. The van der Waals surface area contributed by atoms with E-state index in [0.29, 0.717) is 47.5 Å². The van der Waals surface area contributed by atoms with Gasteiger partial charge in [0.05, 0.1) is 4.90 Å². The lowest BCUT2D eigenvalue weighted by Crippen LogP contribution is -2.58. The molecule has 5 rings (SSSR count). The number of benzene rings is 1. The maximum absolute atomic E-state index is 15.4. The number of nitrogens with one attached hydrogen (secondary N) is 2. The number of hydrogen-bond donors (Lipinski definition) is 2. The number of alkyl halides is 1. The van der Waals surface area contributed by atoms with Gasteiger partial charge >= 0.3 is 6.03 Å². The highest BCUT2D eigenvalue weighted by molar-refractivity contribution is 7.90. The molecule has 0 aliphatic heterocycles. The summed E-state index contributed by atoms with van der Waals surface area (Å²) in [5.74, 6) is 3.90. The Bertz CT molecular complexity index is 1130. The number of sulfonamides is 1. The van der Waals surface area contributed by atoms with E-state index in [4.69, 9.17) is 0 Å². The van der Waals surface area contributed by atoms with Gasteiger partial charge in [-0.05, 0) is 122 Å². The Morgan fingerprint density at radius 3 is 2.49 bits per heavy atom. The van der Waals surface area contributed by atoms with Gasteiger partial charge in [-0.15, -0.1) is 0 Å². The summed E-state index contributed by atoms with van der Waals surface area (Å²) in [6, 6.07) is 7.30. The van der Waals surface area contributed by atoms with Crippen molar-refractivity contribution in [2.24, 2.45) is 52.3 Å². The Labute approximate surface area is 235 Å². The van der Waals surface area contributed by atoms with Gasteiger partial charge in [-0.3, -0.25) is 0 Å². The molecular formula is C32H49FN2O3S. The second-order valence-electron chi connectivity index (χ2n) is 13.9. The average molecular weight is 561 g/mol. The molecule has 2 amide bonds. The Morgan fingerprint density at radius 1 is 1.05 bits per heavy atom. The Balaban J connectivity index is 1.20. The van der Waals surface area contributed by atoms with Crippen LogP contribution in [0.5, 0.6) is 0 Å². The Hall–Kier alpha value is -1.63. The van der Waals surface area contributed by atoms with Crippen LogP contribution in [0.15, 0.2) is 35.2 Å². The largest absolute Gasteiger partial charge is 0.337 e. The number of halogens is 1. The van der Waals surface area contributed by atoms with Gasteiger partial charge in [0.25, 0.3) is 10.0 Å². The molecule has 0 spiro atoms. The van der Waals surface area contributed by atoms with E-state index < -0.39 is 22.2 Å². The number of amides is 2. The Morgan fingerprint density at radius 2 is 1.77 bits per heavy atom. The standard InChI is InChI=1S/C32H49FN2O3S/c1-5-22-20-24-26-14-13-25(31(26,3)18-15-27(24)32(4)17-9-12-28(33)29(22)32)21(2)16-19-34-30(36)35-39(37,38)23-10-7-6-8-11-23/h6-8,10-11,21-22,24-29H,5,9,12-20H2,1-4H3,(H2,34,35,36)/t21-,22+,24?,25?,26?,27?,28+,29-,31-,32-/m1/s1. The maximum Gasteiger partial charge on any atom is 0.328 e. The summed E-state index contributed by atoms with van der Waals surface area (Å²) in [5.41, 5.74) is 0.453. The van der Waals surface area contributed by atoms with Crippen LogP contribution in [0.2, 0.25) is 0 Å². The van der Waals surface area contributed by atoms with E-state index in [9.17, 15) is 13.2 Å². The minimum atomic E-state index is -3.87. The predicted molar refractivity (Wildman–Crippen MR) is 153 cm³/mol. The number of carbonyl (C=O) groups is 1. The number of carbonyl (C=O) groups excluding carboxylic acids is 1. The molecule has 218 valence electrons. The van der Waals surface area contributed by atoms with Gasteiger partial charge in [-0.25, -0.2) is 22.3 Å². The van der Waals surface area contributed by atoms with Crippen LogP contribution in [0, 0.1) is 52.3 Å². The molecule has 4 aliphatic rings. The summed E-state index contributed by atoms with van der Waals surface area (Å²) in [7, 11) is -3.87. The van der Waals surface area contributed by atoms with Gasteiger partial charge in [0.15, 0.2) is 0 Å². The summed E-state index contributed by atoms with van der Waals surface area (Å²) in [5, 5.41) is 2.78. The van der Waals surface area contributed by atoms with Crippen molar-refractivity contribution in [3.63, 3.8) is 0 Å². The number of hydrogen-bond acceptors (Lipinski definition) is 3. The van der Waals surface area contributed by atoms with E-state index in [2.05, 4.69) is 37.7 Å². The van der Waals surface area contributed by atoms with Crippen LogP contribution in [0.25, 0.3) is 0 Å². The van der Waals surface area contributed by atoms with E-state index in [1.165, 1.54) is 50.7 Å². The Kier molecular flexibility index (Phi) is 8.13. The molecule has 0 heterocycles. The van der Waals surface area contributed by atoms with Crippen molar-refractivity contribution in [3.05, 3.63) is 30.3 Å². The van der Waals surface area contributed by atoms with Crippen LogP contribution in [-0.2, 0) is 10.0 Å². The lowest BCUT2D eigenvalue weighted by Gasteiger charge is -2.63. The lowest BCUT2D eigenvalue weighted by atomic mass is 9.42. The smallest absolute Gasteiger partial charge is 0.328 e. The zero-order valence-electron chi connectivity index (χ0n) is 24.3. The molecule has 1 aromatic rings. The highest BCUT2D eigenvalue weighted by atomic mass is 32.2. The van der Waals surface area contributed by atoms with Gasteiger partial charge in [0, 0.05) is 6.54 Å². The minimum Gasteiger partial charge on any atom is -0.337 e. The molecule has 4 aliphatic carbocycles. The van der Waals surface area contributed by atoms with Gasteiger partial charge in [0.1, 0.15) is 6.17 Å². The maximum atomic E-state index is 15.4. The summed E-state index contributed by atoms with van der Waals surface area (Å²) in [6.45, 7) is 10.0. The van der Waals surface area contributed by atoms with Crippen molar-refractivity contribution < 1.29 is 17.6 Å². The summed E-state index contributed by atoms with van der Waals surface area (Å²) < 4.78 is 42.4. The zero-order chi connectivity index (χ0) is 28.0. The third-order valence-electron chi connectivity index (χ3n) is 12.2. The molecule has 1 aromatic carbocycles. The highest BCUT2D eigenvalue weighted by Crippen LogP contribution is 2.69. The molecule has 10 atom stereocenters. The number of urea groups is 1. The first-order chi connectivity index (χ1) is 18.5. The molecule has 4 saturated carbocycles. The van der Waals surface area contributed by atoms with Crippen LogP contribution in [-0.4, -0.2) is 27.2 Å². The minimum absolute atomic E-state index is 0.0810. The monoisotopic (exact) mass is 560 g/mol. The fourth-order valence-electron chi connectivity index (χ4n) is 10.5. The first kappa shape index (κ1) is 28.9. The molecule has 0 radical (unpaired) electrons. The normalized spacial score (nSPS) is 40.6. The number of fused-ring (bicyclic) bond motifs is 5. The topological polar surface area (TPSA) is 75.3 Å². The van der Waals surface area contributed by atoms with Crippen molar-refractivity contribution in [1.29, 1.82) is 0 Å². The van der Waals surface area contributed by atoms with Gasteiger partial charge in [-0.1, -0.05) is 52.3 Å². The molecule has 4 fully saturated rings. The van der Waals surface area contributed by atoms with Crippen LogP contribution in [0.4, 0.5) is 9.18 Å². The molecule has 2 N–H and O–H groups in total. The van der Waals surface area contributed by atoms with E-state index in [1.54, 1.807) is 18.2 Å². The molecule has 5 nitrogen and oxygen atoms in total. The predicted octanol–water partition coefficient (Wildman–Crippen LogP) is 7.33. The quantitative estimate of drug-likeness (QED) is 0.367. The summed E-state index contributed by atoms with van der Waals surface area (Å²) in [4.78, 5) is 12.5. The van der Waals surface area contributed by atoms with E-state index in [0.717, 1.165) is 25.7 Å². The second kappa shape index (κ2) is 11.0. The average Bonchev–Trinajstić information content (AvgIpc) is 3.25. The summed E-state index contributed by atoms with van der Waals surface area (Å²) in [6.07, 6.45) is 10.5. The van der Waals surface area contributed by atoms with Gasteiger partial charge < -0.3 is 5.32 Å². The van der Waals surface area contributed by atoms with Crippen molar-refractivity contribution in [2.45, 2.75) is 103 Å².